The lowest BCUT2D eigenvalue weighted by atomic mass is 10.0. The first-order valence-electron chi connectivity index (χ1n) is 6.56. The van der Waals surface area contributed by atoms with E-state index in [0.29, 0.717) is 10.5 Å². The van der Waals surface area contributed by atoms with Crippen molar-refractivity contribution in [2.75, 3.05) is 12.3 Å². The van der Waals surface area contributed by atoms with Crippen molar-refractivity contribution in [1.29, 1.82) is 0 Å². The van der Waals surface area contributed by atoms with Crippen molar-refractivity contribution < 1.29 is 0 Å². The van der Waals surface area contributed by atoms with Crippen LogP contribution in [0.4, 0.5) is 5.13 Å². The molecule has 2 aromatic rings. The number of rotatable bonds is 5. The van der Waals surface area contributed by atoms with Crippen molar-refractivity contribution in [3.05, 3.63) is 23.8 Å². The van der Waals surface area contributed by atoms with Gasteiger partial charge in [-0.2, -0.15) is 0 Å². The van der Waals surface area contributed by atoms with Crippen molar-refractivity contribution in [2.45, 2.75) is 32.7 Å². The van der Waals surface area contributed by atoms with Gasteiger partial charge in [-0.3, -0.25) is 0 Å². The van der Waals surface area contributed by atoms with E-state index in [-0.39, 0.29) is 0 Å². The van der Waals surface area contributed by atoms with Crippen LogP contribution in [0.5, 0.6) is 0 Å². The van der Waals surface area contributed by atoms with Gasteiger partial charge in [-0.05, 0) is 42.4 Å². The molecule has 0 unspecified atom stereocenters. The number of anilines is 1. The molecule has 1 heterocycles. The molecule has 1 aromatic carbocycles. The van der Waals surface area contributed by atoms with Gasteiger partial charge in [0.25, 0.3) is 0 Å². The number of aromatic nitrogens is 1. The van der Waals surface area contributed by atoms with E-state index in [9.17, 15) is 0 Å². The Hall–Kier alpha value is -1.13. The molecule has 0 amide bonds. The summed E-state index contributed by atoms with van der Waals surface area (Å²) < 4.78 is 1.18. The smallest absolute Gasteiger partial charge is 0.181 e. The SMILES string of the molecule is CCC1(CNCc2ccc3nc(N)sc3c2)CC1. The van der Waals surface area contributed by atoms with Gasteiger partial charge >= 0.3 is 0 Å². The first-order chi connectivity index (χ1) is 8.71. The van der Waals surface area contributed by atoms with Crippen LogP contribution in [0.1, 0.15) is 31.7 Å². The van der Waals surface area contributed by atoms with Crippen LogP contribution in [-0.4, -0.2) is 11.5 Å². The summed E-state index contributed by atoms with van der Waals surface area (Å²) in [6.07, 6.45) is 4.08. The molecule has 4 heteroatoms. The molecule has 1 aromatic heterocycles. The van der Waals surface area contributed by atoms with Gasteiger partial charge in [0.1, 0.15) is 0 Å². The lowest BCUT2D eigenvalue weighted by Crippen LogP contribution is -2.23. The molecular formula is C14H19N3S. The van der Waals surface area contributed by atoms with Gasteiger partial charge in [-0.1, -0.05) is 24.3 Å². The second kappa shape index (κ2) is 4.52. The summed E-state index contributed by atoms with van der Waals surface area (Å²) in [6.45, 7) is 4.38. The van der Waals surface area contributed by atoms with E-state index in [1.54, 1.807) is 11.3 Å². The molecule has 1 saturated carbocycles. The second-order valence-electron chi connectivity index (χ2n) is 5.31. The fourth-order valence-corrected chi connectivity index (χ4v) is 3.20. The highest BCUT2D eigenvalue weighted by molar-refractivity contribution is 7.22. The molecule has 0 aliphatic heterocycles. The molecule has 1 aliphatic rings. The number of thiazole rings is 1. The van der Waals surface area contributed by atoms with Crippen molar-refractivity contribution in [3.63, 3.8) is 0 Å². The second-order valence-corrected chi connectivity index (χ2v) is 6.37. The lowest BCUT2D eigenvalue weighted by Gasteiger charge is -2.13. The maximum Gasteiger partial charge on any atom is 0.181 e. The molecule has 18 heavy (non-hydrogen) atoms. The molecule has 1 aliphatic carbocycles. The van der Waals surface area contributed by atoms with Crippen LogP contribution in [0.25, 0.3) is 10.2 Å². The zero-order chi connectivity index (χ0) is 12.6. The van der Waals surface area contributed by atoms with Gasteiger partial charge in [0.15, 0.2) is 5.13 Å². The average Bonchev–Trinajstić information content (AvgIpc) is 3.04. The minimum Gasteiger partial charge on any atom is -0.375 e. The molecule has 3 N–H and O–H groups in total. The molecule has 0 atom stereocenters. The zero-order valence-corrected chi connectivity index (χ0v) is 11.5. The largest absolute Gasteiger partial charge is 0.375 e. The van der Waals surface area contributed by atoms with E-state index in [2.05, 4.69) is 35.4 Å². The molecule has 0 saturated heterocycles. The van der Waals surface area contributed by atoms with E-state index in [4.69, 9.17) is 5.73 Å². The van der Waals surface area contributed by atoms with Crippen LogP contribution in [0.2, 0.25) is 0 Å². The maximum absolute atomic E-state index is 5.72. The minimum absolute atomic E-state index is 0.610. The highest BCUT2D eigenvalue weighted by Crippen LogP contribution is 2.47. The zero-order valence-electron chi connectivity index (χ0n) is 10.7. The summed E-state index contributed by atoms with van der Waals surface area (Å²) in [5.41, 5.74) is 8.65. The van der Waals surface area contributed by atoms with Crippen LogP contribution in [0.3, 0.4) is 0 Å². The third-order valence-corrected chi connectivity index (χ3v) is 4.85. The number of nitrogen functional groups attached to an aromatic ring is 1. The molecular weight excluding hydrogens is 242 g/mol. The Morgan fingerprint density at radius 2 is 2.28 bits per heavy atom. The Kier molecular flexibility index (Phi) is 2.99. The van der Waals surface area contributed by atoms with E-state index < -0.39 is 0 Å². The normalized spacial score (nSPS) is 17.2. The Balaban J connectivity index is 1.63. The van der Waals surface area contributed by atoms with Crippen molar-refractivity contribution >= 4 is 26.7 Å². The summed E-state index contributed by atoms with van der Waals surface area (Å²) in [4.78, 5) is 4.27. The van der Waals surface area contributed by atoms with Gasteiger partial charge < -0.3 is 11.1 Å². The summed E-state index contributed by atoms with van der Waals surface area (Å²) in [7, 11) is 0. The number of benzene rings is 1. The average molecular weight is 261 g/mol. The topological polar surface area (TPSA) is 50.9 Å². The highest BCUT2D eigenvalue weighted by Gasteiger charge is 2.39. The predicted molar refractivity (Wildman–Crippen MR) is 77.7 cm³/mol. The Morgan fingerprint density at radius 1 is 1.44 bits per heavy atom. The van der Waals surface area contributed by atoms with Gasteiger partial charge in [-0.25, -0.2) is 4.98 Å². The summed E-state index contributed by atoms with van der Waals surface area (Å²) in [6, 6.07) is 6.40. The van der Waals surface area contributed by atoms with Crippen molar-refractivity contribution in [2.24, 2.45) is 5.41 Å². The fraction of sp³-hybridized carbons (Fsp3) is 0.500. The molecule has 0 bridgehead atoms. The lowest BCUT2D eigenvalue weighted by molar-refractivity contribution is 0.443. The first kappa shape index (κ1) is 11.9. The van der Waals surface area contributed by atoms with Crippen LogP contribution in [0, 0.1) is 5.41 Å². The number of fused-ring (bicyclic) bond motifs is 1. The monoisotopic (exact) mass is 261 g/mol. The van der Waals surface area contributed by atoms with Gasteiger partial charge in [0, 0.05) is 13.1 Å². The highest BCUT2D eigenvalue weighted by atomic mass is 32.1. The third-order valence-electron chi connectivity index (χ3n) is 4.01. The summed E-state index contributed by atoms with van der Waals surface area (Å²) in [5.74, 6) is 0. The molecule has 0 radical (unpaired) electrons. The summed E-state index contributed by atoms with van der Waals surface area (Å²) in [5, 5.41) is 4.23. The number of nitrogens with two attached hydrogens (primary N) is 1. The molecule has 3 nitrogen and oxygen atoms in total. The maximum atomic E-state index is 5.72. The van der Waals surface area contributed by atoms with Crippen LogP contribution in [-0.2, 0) is 6.54 Å². The minimum atomic E-state index is 0.610. The van der Waals surface area contributed by atoms with Gasteiger partial charge in [-0.15, -0.1) is 0 Å². The van der Waals surface area contributed by atoms with Gasteiger partial charge in [0.05, 0.1) is 10.2 Å². The fourth-order valence-electron chi connectivity index (χ4n) is 2.40. The van der Waals surface area contributed by atoms with Crippen molar-refractivity contribution in [1.82, 2.24) is 10.3 Å². The Bertz CT molecular complexity index is 557. The number of nitrogens with one attached hydrogen (secondary N) is 1. The quantitative estimate of drug-likeness (QED) is 0.869. The predicted octanol–water partition coefficient (Wildman–Crippen LogP) is 3.16. The first-order valence-corrected chi connectivity index (χ1v) is 7.38. The van der Waals surface area contributed by atoms with Crippen LogP contribution in [0.15, 0.2) is 18.2 Å². The van der Waals surface area contributed by atoms with Gasteiger partial charge in [0.2, 0.25) is 0 Å². The van der Waals surface area contributed by atoms with Crippen LogP contribution < -0.4 is 11.1 Å². The Morgan fingerprint density at radius 3 is 3.00 bits per heavy atom. The standard InChI is InChI=1S/C14H19N3S/c1-2-14(5-6-14)9-16-8-10-3-4-11-12(7-10)18-13(15)17-11/h3-4,7,16H,2,5-6,8-9H2,1H3,(H2,15,17). The molecule has 1 fully saturated rings. The summed E-state index contributed by atoms with van der Waals surface area (Å²) >= 11 is 1.56. The molecule has 96 valence electrons. The van der Waals surface area contributed by atoms with E-state index >= 15 is 0 Å². The van der Waals surface area contributed by atoms with E-state index in [1.165, 1.54) is 29.5 Å². The molecule has 3 rings (SSSR count). The van der Waals surface area contributed by atoms with E-state index in [1.807, 2.05) is 0 Å². The van der Waals surface area contributed by atoms with Crippen LogP contribution >= 0.6 is 11.3 Å². The Labute approximate surface area is 111 Å². The number of hydrogen-bond donors (Lipinski definition) is 2. The number of hydrogen-bond acceptors (Lipinski definition) is 4. The van der Waals surface area contributed by atoms with Crippen molar-refractivity contribution in [3.8, 4) is 0 Å². The van der Waals surface area contributed by atoms with E-state index in [0.717, 1.165) is 18.6 Å². The molecule has 0 spiro atoms. The third kappa shape index (κ3) is 2.35. The number of nitrogens with zero attached hydrogens (tertiary/aromatic N) is 1.